The summed E-state index contributed by atoms with van der Waals surface area (Å²) in [7, 11) is 0. The van der Waals surface area contributed by atoms with E-state index in [9.17, 15) is 19.5 Å². The molecule has 1 aliphatic heterocycles. The number of hydrogen-bond donors (Lipinski definition) is 2. The molecule has 0 aromatic heterocycles. The van der Waals surface area contributed by atoms with Crippen molar-refractivity contribution in [3.63, 3.8) is 0 Å². The molecule has 0 saturated carbocycles. The first-order chi connectivity index (χ1) is 12.1. The third-order valence-electron chi connectivity index (χ3n) is 4.30. The van der Waals surface area contributed by atoms with Crippen LogP contribution in [0.25, 0.3) is 0 Å². The number of nitrogens with zero attached hydrogens (tertiary/aromatic N) is 1. The zero-order valence-corrected chi connectivity index (χ0v) is 17.8. The van der Waals surface area contributed by atoms with Gasteiger partial charge in [-0.05, 0) is 46.5 Å². The number of alkyl carbamates (subject to hydrolysis) is 1. The Kier molecular flexibility index (Phi) is 7.08. The third kappa shape index (κ3) is 6.56. The van der Waals surface area contributed by atoms with Crippen molar-refractivity contribution in [2.75, 3.05) is 6.54 Å². The fourth-order valence-corrected chi connectivity index (χ4v) is 3.22. The Morgan fingerprint density at radius 2 is 1.70 bits per heavy atom. The molecule has 27 heavy (non-hydrogen) atoms. The maximum Gasteiger partial charge on any atom is 0.408 e. The number of nitrogens with one attached hydrogen (secondary N) is 1. The summed E-state index contributed by atoms with van der Waals surface area (Å²) in [6, 6.07) is -1.82. The Morgan fingerprint density at radius 3 is 2.11 bits per heavy atom. The van der Waals surface area contributed by atoms with Gasteiger partial charge in [0.05, 0.1) is 0 Å². The topological polar surface area (TPSA) is 95.9 Å². The molecule has 0 unspecified atom stereocenters. The second kappa shape index (κ2) is 8.31. The number of likely N-dealkylation sites (tertiary alicyclic amines) is 1. The van der Waals surface area contributed by atoms with Crippen LogP contribution >= 0.6 is 0 Å². The van der Waals surface area contributed by atoms with E-state index in [4.69, 9.17) is 4.74 Å². The minimum Gasteiger partial charge on any atom is -0.480 e. The van der Waals surface area contributed by atoms with Crippen molar-refractivity contribution < 1.29 is 24.2 Å². The minimum atomic E-state index is -1.03. The smallest absolute Gasteiger partial charge is 0.408 e. The summed E-state index contributed by atoms with van der Waals surface area (Å²) < 4.78 is 5.28. The molecule has 7 heteroatoms. The number of allylic oxidation sites excluding steroid dienone is 1. The van der Waals surface area contributed by atoms with Gasteiger partial charge < -0.3 is 20.1 Å². The number of carbonyl (C=O) groups is 3. The highest BCUT2D eigenvalue weighted by molar-refractivity contribution is 5.90. The number of carboxylic acids is 1. The maximum atomic E-state index is 13.2. The van der Waals surface area contributed by atoms with Crippen LogP contribution in [0.15, 0.2) is 11.6 Å². The fraction of sp³-hybridized carbons (Fsp3) is 0.750. The Morgan fingerprint density at radius 1 is 1.15 bits per heavy atom. The van der Waals surface area contributed by atoms with E-state index in [0.29, 0.717) is 13.0 Å². The highest BCUT2D eigenvalue weighted by Gasteiger charge is 2.45. The van der Waals surface area contributed by atoms with Crippen LogP contribution in [0.2, 0.25) is 0 Å². The van der Waals surface area contributed by atoms with Crippen molar-refractivity contribution in [3.8, 4) is 0 Å². The Bertz CT molecular complexity index is 609. The molecule has 1 aliphatic rings. The standard InChI is InChI=1S/C20H34N2O5/c1-12(2)11-13-9-10-22(14(13)17(24)25)16(23)15(19(3,4)5)21-18(26)27-20(6,7)8/h11,13-15H,9-10H2,1-8H3,(H,21,26)(H,24,25)/t13-,14+,15-/m1/s1. The van der Waals surface area contributed by atoms with Gasteiger partial charge in [0.1, 0.15) is 17.7 Å². The number of carboxylic acid groups (broad SMARTS) is 1. The van der Waals surface area contributed by atoms with Crippen molar-refractivity contribution in [1.29, 1.82) is 0 Å². The van der Waals surface area contributed by atoms with Gasteiger partial charge in [0.15, 0.2) is 0 Å². The van der Waals surface area contributed by atoms with Gasteiger partial charge >= 0.3 is 12.1 Å². The number of carbonyl (C=O) groups excluding carboxylic acids is 2. The molecule has 1 heterocycles. The first-order valence-corrected chi connectivity index (χ1v) is 9.31. The molecule has 0 bridgehead atoms. The molecular formula is C20H34N2O5. The third-order valence-corrected chi connectivity index (χ3v) is 4.30. The fourth-order valence-electron chi connectivity index (χ4n) is 3.22. The Hall–Kier alpha value is -2.05. The molecule has 7 nitrogen and oxygen atoms in total. The van der Waals surface area contributed by atoms with Gasteiger partial charge in [0.25, 0.3) is 0 Å². The minimum absolute atomic E-state index is 0.237. The molecule has 2 N–H and O–H groups in total. The molecule has 2 amide bonds. The van der Waals surface area contributed by atoms with E-state index in [1.807, 2.05) is 40.7 Å². The SMILES string of the molecule is CC(C)=C[C@H]1CCN(C(=O)[C@@H](NC(=O)OC(C)(C)C)C(C)(C)C)[C@@H]1C(=O)O. The van der Waals surface area contributed by atoms with Crippen molar-refractivity contribution in [1.82, 2.24) is 10.2 Å². The molecule has 0 aromatic rings. The largest absolute Gasteiger partial charge is 0.480 e. The molecule has 1 saturated heterocycles. The van der Waals surface area contributed by atoms with Gasteiger partial charge in [0.2, 0.25) is 5.91 Å². The lowest BCUT2D eigenvalue weighted by molar-refractivity contribution is -0.151. The van der Waals surface area contributed by atoms with Crippen molar-refractivity contribution in [2.45, 2.75) is 79.5 Å². The van der Waals surface area contributed by atoms with E-state index >= 15 is 0 Å². The van der Waals surface area contributed by atoms with Crippen LogP contribution in [-0.4, -0.2) is 52.2 Å². The lowest BCUT2D eigenvalue weighted by Crippen LogP contribution is -2.57. The van der Waals surface area contributed by atoms with E-state index in [1.54, 1.807) is 20.8 Å². The number of hydrogen-bond acceptors (Lipinski definition) is 4. The zero-order valence-electron chi connectivity index (χ0n) is 17.8. The van der Waals surface area contributed by atoms with Crippen LogP contribution in [0.1, 0.15) is 61.8 Å². The first-order valence-electron chi connectivity index (χ1n) is 9.31. The first kappa shape index (κ1) is 23.0. The quantitative estimate of drug-likeness (QED) is 0.728. The normalized spacial score (nSPS) is 21.4. The summed E-state index contributed by atoms with van der Waals surface area (Å²) in [5.74, 6) is -1.67. The molecule has 0 aliphatic carbocycles. The van der Waals surface area contributed by atoms with Gasteiger partial charge in [-0.25, -0.2) is 9.59 Å². The Balaban J connectivity index is 3.09. The molecule has 154 valence electrons. The highest BCUT2D eigenvalue weighted by atomic mass is 16.6. The highest BCUT2D eigenvalue weighted by Crippen LogP contribution is 2.30. The van der Waals surface area contributed by atoms with Crippen molar-refractivity contribution in [2.24, 2.45) is 11.3 Å². The molecule has 0 spiro atoms. The van der Waals surface area contributed by atoms with E-state index < -0.39 is 41.1 Å². The maximum absolute atomic E-state index is 13.2. The summed E-state index contributed by atoms with van der Waals surface area (Å²) >= 11 is 0. The lowest BCUT2D eigenvalue weighted by atomic mass is 9.85. The molecule has 1 rings (SSSR count). The average Bonchev–Trinajstić information content (AvgIpc) is 2.83. The predicted molar refractivity (Wildman–Crippen MR) is 103 cm³/mol. The van der Waals surface area contributed by atoms with Crippen LogP contribution in [0.5, 0.6) is 0 Å². The second-order valence-electron chi connectivity index (χ2n) is 9.46. The molecule has 3 atom stereocenters. The zero-order chi connectivity index (χ0) is 21.2. The van der Waals surface area contributed by atoms with E-state index in [1.165, 1.54) is 4.90 Å². The van der Waals surface area contributed by atoms with E-state index in [-0.39, 0.29) is 5.92 Å². The summed E-state index contributed by atoms with van der Waals surface area (Å²) in [5, 5.41) is 12.3. The monoisotopic (exact) mass is 382 g/mol. The van der Waals surface area contributed by atoms with Gasteiger partial charge in [-0.15, -0.1) is 0 Å². The summed E-state index contributed by atoms with van der Waals surface area (Å²) in [6.45, 7) is 14.9. The predicted octanol–water partition coefficient (Wildman–Crippen LogP) is 3.19. The summed E-state index contributed by atoms with van der Waals surface area (Å²) in [5.41, 5.74) is -0.285. The van der Waals surface area contributed by atoms with Crippen LogP contribution < -0.4 is 5.32 Å². The molecule has 0 aromatic carbocycles. The van der Waals surface area contributed by atoms with Crippen LogP contribution in [0, 0.1) is 11.3 Å². The Labute approximate surface area is 162 Å². The number of amides is 2. The van der Waals surface area contributed by atoms with Crippen LogP contribution in [0.4, 0.5) is 4.79 Å². The van der Waals surface area contributed by atoms with Crippen LogP contribution in [0.3, 0.4) is 0 Å². The number of ether oxygens (including phenoxy) is 1. The van der Waals surface area contributed by atoms with Gasteiger partial charge in [0, 0.05) is 12.5 Å². The van der Waals surface area contributed by atoms with E-state index in [0.717, 1.165) is 5.57 Å². The van der Waals surface area contributed by atoms with Gasteiger partial charge in [-0.1, -0.05) is 32.4 Å². The van der Waals surface area contributed by atoms with Crippen molar-refractivity contribution >= 4 is 18.0 Å². The molecule has 0 radical (unpaired) electrons. The molecular weight excluding hydrogens is 348 g/mol. The lowest BCUT2D eigenvalue weighted by Gasteiger charge is -2.35. The second-order valence-corrected chi connectivity index (χ2v) is 9.46. The summed E-state index contributed by atoms with van der Waals surface area (Å²) in [6.07, 6.45) is 1.79. The van der Waals surface area contributed by atoms with Gasteiger partial charge in [-0.3, -0.25) is 4.79 Å². The number of aliphatic carboxylic acids is 1. The average molecular weight is 383 g/mol. The number of rotatable bonds is 4. The molecule has 1 fully saturated rings. The van der Waals surface area contributed by atoms with Gasteiger partial charge in [-0.2, -0.15) is 0 Å². The van der Waals surface area contributed by atoms with E-state index in [2.05, 4.69) is 5.32 Å². The summed E-state index contributed by atoms with van der Waals surface area (Å²) in [4.78, 5) is 38.7. The van der Waals surface area contributed by atoms with Crippen LogP contribution in [-0.2, 0) is 14.3 Å². The van der Waals surface area contributed by atoms with Crippen molar-refractivity contribution in [3.05, 3.63) is 11.6 Å².